The van der Waals surface area contributed by atoms with Crippen LogP contribution in [-0.4, -0.2) is 7.85 Å². The Morgan fingerprint density at radius 1 is 1.36 bits per heavy atom. The molecule has 74 valence electrons. The average Bonchev–Trinajstić information content (AvgIpc) is 2.28. The van der Waals surface area contributed by atoms with Crippen LogP contribution in [0.1, 0.15) is 42.4 Å². The Bertz CT molecular complexity index is 349. The van der Waals surface area contributed by atoms with Crippen LogP contribution in [0.15, 0.2) is 4.42 Å². The first kappa shape index (κ1) is 9.88. The summed E-state index contributed by atoms with van der Waals surface area (Å²) in [6, 6.07) is 0. The predicted molar refractivity (Wildman–Crippen MR) is 58.9 cm³/mol. The van der Waals surface area contributed by atoms with Gasteiger partial charge >= 0.3 is 0 Å². The molecule has 0 N–H and O–H groups in total. The van der Waals surface area contributed by atoms with Crippen molar-refractivity contribution in [3.8, 4) is 0 Å². The second-order valence-corrected chi connectivity index (χ2v) is 4.87. The average molecular weight is 188 g/mol. The van der Waals surface area contributed by atoms with Crippen molar-refractivity contribution in [3.63, 3.8) is 0 Å². The molecular weight excluding hydrogens is 171 g/mol. The van der Waals surface area contributed by atoms with Gasteiger partial charge in [-0.1, -0.05) is 18.7 Å². The summed E-state index contributed by atoms with van der Waals surface area (Å²) >= 11 is 0. The Morgan fingerprint density at radius 3 is 2.79 bits per heavy atom. The van der Waals surface area contributed by atoms with E-state index in [4.69, 9.17) is 12.3 Å². The molecule has 0 bridgehead atoms. The Balaban J connectivity index is 2.41. The molecule has 2 rings (SSSR count). The van der Waals surface area contributed by atoms with Crippen molar-refractivity contribution < 1.29 is 4.42 Å². The van der Waals surface area contributed by atoms with Gasteiger partial charge in [-0.2, -0.15) is 0 Å². The van der Waals surface area contributed by atoms with Crippen LogP contribution in [0.25, 0.3) is 0 Å². The zero-order chi connectivity index (χ0) is 10.3. The fourth-order valence-electron chi connectivity index (χ4n) is 2.34. The summed E-state index contributed by atoms with van der Waals surface area (Å²) in [7, 11) is 6.19. The minimum atomic E-state index is -0.0814. The molecule has 0 aliphatic heterocycles. The standard InChI is InChI=1S/C12H17BO/c1-8-9(2)14-11-7-12(3,13)6-4-5-10(8)11/h4-7H2,1-3H3. The van der Waals surface area contributed by atoms with Gasteiger partial charge in [0, 0.05) is 6.42 Å². The van der Waals surface area contributed by atoms with Gasteiger partial charge in [-0.05, 0) is 37.8 Å². The monoisotopic (exact) mass is 188 g/mol. The molecule has 2 heteroatoms. The van der Waals surface area contributed by atoms with Crippen molar-refractivity contribution in [2.24, 2.45) is 0 Å². The number of hydrogen-bond donors (Lipinski definition) is 0. The second kappa shape index (κ2) is 3.18. The van der Waals surface area contributed by atoms with E-state index in [2.05, 4.69) is 13.8 Å². The minimum Gasteiger partial charge on any atom is -0.466 e. The summed E-state index contributed by atoms with van der Waals surface area (Å²) in [5, 5.41) is -0.0814. The fraction of sp³-hybridized carbons (Fsp3) is 0.667. The lowest BCUT2D eigenvalue weighted by Gasteiger charge is -2.21. The maximum Gasteiger partial charge on any atom is 0.107 e. The number of aryl methyl sites for hydroxylation is 1. The van der Waals surface area contributed by atoms with E-state index in [9.17, 15) is 0 Å². The fourth-order valence-corrected chi connectivity index (χ4v) is 2.34. The summed E-state index contributed by atoms with van der Waals surface area (Å²) in [5.41, 5.74) is 2.74. The highest BCUT2D eigenvalue weighted by molar-refractivity contribution is 6.15. The summed E-state index contributed by atoms with van der Waals surface area (Å²) in [5.74, 6) is 2.19. The van der Waals surface area contributed by atoms with Crippen LogP contribution >= 0.6 is 0 Å². The smallest absolute Gasteiger partial charge is 0.107 e. The maximum absolute atomic E-state index is 6.19. The molecule has 0 spiro atoms. The molecule has 14 heavy (non-hydrogen) atoms. The van der Waals surface area contributed by atoms with Gasteiger partial charge in [0.25, 0.3) is 0 Å². The van der Waals surface area contributed by atoms with E-state index in [0.29, 0.717) is 0 Å². The number of furan rings is 1. The van der Waals surface area contributed by atoms with E-state index in [1.807, 2.05) is 6.92 Å². The Hall–Kier alpha value is -0.655. The first-order valence-electron chi connectivity index (χ1n) is 5.36. The molecule has 1 heterocycles. The van der Waals surface area contributed by atoms with Gasteiger partial charge in [0.2, 0.25) is 0 Å². The zero-order valence-electron chi connectivity index (χ0n) is 9.31. The van der Waals surface area contributed by atoms with Crippen LogP contribution in [0.2, 0.25) is 5.31 Å². The Kier molecular flexibility index (Phi) is 2.25. The van der Waals surface area contributed by atoms with Crippen molar-refractivity contribution in [2.45, 2.75) is 51.8 Å². The van der Waals surface area contributed by atoms with Gasteiger partial charge in [-0.15, -0.1) is 0 Å². The van der Waals surface area contributed by atoms with E-state index in [1.165, 1.54) is 17.5 Å². The van der Waals surface area contributed by atoms with Gasteiger partial charge in [0.15, 0.2) is 0 Å². The third kappa shape index (κ3) is 1.62. The van der Waals surface area contributed by atoms with E-state index >= 15 is 0 Å². The molecule has 1 aliphatic carbocycles. The minimum absolute atomic E-state index is 0.0814. The molecule has 1 aromatic rings. The lowest BCUT2D eigenvalue weighted by atomic mass is 9.65. The highest BCUT2D eigenvalue weighted by Crippen LogP contribution is 2.39. The maximum atomic E-state index is 6.19. The molecule has 2 radical (unpaired) electrons. The van der Waals surface area contributed by atoms with E-state index in [0.717, 1.165) is 30.8 Å². The Morgan fingerprint density at radius 2 is 2.07 bits per heavy atom. The topological polar surface area (TPSA) is 13.1 Å². The van der Waals surface area contributed by atoms with E-state index in [1.54, 1.807) is 0 Å². The van der Waals surface area contributed by atoms with Gasteiger partial charge in [0.05, 0.1) is 7.85 Å². The van der Waals surface area contributed by atoms with Gasteiger partial charge in [-0.25, -0.2) is 0 Å². The number of hydrogen-bond acceptors (Lipinski definition) is 1. The third-order valence-corrected chi connectivity index (χ3v) is 3.33. The highest BCUT2D eigenvalue weighted by Gasteiger charge is 2.26. The molecule has 0 saturated heterocycles. The van der Waals surface area contributed by atoms with Crippen LogP contribution in [0, 0.1) is 13.8 Å². The zero-order valence-corrected chi connectivity index (χ0v) is 9.31. The molecule has 0 saturated carbocycles. The van der Waals surface area contributed by atoms with Crippen molar-refractivity contribution in [1.82, 2.24) is 0 Å². The molecule has 0 amide bonds. The normalized spacial score (nSPS) is 27.1. The molecule has 0 aromatic carbocycles. The van der Waals surface area contributed by atoms with Gasteiger partial charge in [-0.3, -0.25) is 0 Å². The van der Waals surface area contributed by atoms with Crippen LogP contribution in [0.3, 0.4) is 0 Å². The molecule has 1 aliphatic rings. The summed E-state index contributed by atoms with van der Waals surface area (Å²) < 4.78 is 5.77. The molecule has 1 aromatic heterocycles. The molecular formula is C12H17BO. The van der Waals surface area contributed by atoms with Crippen molar-refractivity contribution in [1.29, 1.82) is 0 Å². The molecule has 0 fully saturated rings. The van der Waals surface area contributed by atoms with Crippen LogP contribution < -0.4 is 0 Å². The highest BCUT2D eigenvalue weighted by atomic mass is 16.3. The Labute approximate surface area is 87.3 Å². The number of fused-ring (bicyclic) bond motifs is 1. The molecule has 1 nitrogen and oxygen atoms in total. The van der Waals surface area contributed by atoms with Gasteiger partial charge < -0.3 is 4.42 Å². The van der Waals surface area contributed by atoms with E-state index in [-0.39, 0.29) is 5.31 Å². The SMILES string of the molecule is [B]C1(C)CCCc2c(oc(C)c2C)C1. The first-order chi connectivity index (χ1) is 6.49. The van der Waals surface area contributed by atoms with E-state index < -0.39 is 0 Å². The number of rotatable bonds is 0. The summed E-state index contributed by atoms with van der Waals surface area (Å²) in [6.07, 6.45) is 4.29. The summed E-state index contributed by atoms with van der Waals surface area (Å²) in [6.45, 7) is 6.31. The lowest BCUT2D eigenvalue weighted by molar-refractivity contribution is 0.443. The first-order valence-corrected chi connectivity index (χ1v) is 5.36. The largest absolute Gasteiger partial charge is 0.466 e. The van der Waals surface area contributed by atoms with Crippen molar-refractivity contribution in [3.05, 3.63) is 22.6 Å². The second-order valence-electron chi connectivity index (χ2n) is 4.87. The summed E-state index contributed by atoms with van der Waals surface area (Å²) in [4.78, 5) is 0. The quantitative estimate of drug-likeness (QED) is 0.450. The van der Waals surface area contributed by atoms with Crippen molar-refractivity contribution in [2.75, 3.05) is 0 Å². The van der Waals surface area contributed by atoms with Crippen LogP contribution in [0.5, 0.6) is 0 Å². The lowest BCUT2D eigenvalue weighted by Crippen LogP contribution is -2.09. The van der Waals surface area contributed by atoms with Crippen molar-refractivity contribution >= 4 is 7.85 Å². The van der Waals surface area contributed by atoms with Crippen LogP contribution in [0.4, 0.5) is 0 Å². The third-order valence-electron chi connectivity index (χ3n) is 3.33. The van der Waals surface area contributed by atoms with Gasteiger partial charge in [0.1, 0.15) is 11.5 Å². The predicted octanol–water partition coefficient (Wildman–Crippen LogP) is 3.12. The van der Waals surface area contributed by atoms with Crippen LogP contribution in [-0.2, 0) is 12.8 Å². The molecule has 1 atom stereocenters. The molecule has 1 unspecified atom stereocenters.